The fourth-order valence-electron chi connectivity index (χ4n) is 1.67. The van der Waals surface area contributed by atoms with Crippen LogP contribution in [0, 0.1) is 25.5 Å². The van der Waals surface area contributed by atoms with Gasteiger partial charge in [-0.1, -0.05) is 5.16 Å². The van der Waals surface area contributed by atoms with Gasteiger partial charge in [0.2, 0.25) is 0 Å². The van der Waals surface area contributed by atoms with Gasteiger partial charge in [-0.05, 0) is 32.0 Å². The lowest BCUT2D eigenvalue weighted by Crippen LogP contribution is -2.29. The van der Waals surface area contributed by atoms with Gasteiger partial charge in [0.15, 0.2) is 5.76 Å². The average Bonchev–Trinajstić information content (AvgIpc) is 2.71. The van der Waals surface area contributed by atoms with E-state index in [0.29, 0.717) is 17.1 Å². The van der Waals surface area contributed by atoms with E-state index in [1.54, 1.807) is 13.8 Å². The third-order valence-corrected chi connectivity index (χ3v) is 2.72. The molecule has 0 unspecified atom stereocenters. The van der Waals surface area contributed by atoms with Crippen LogP contribution in [0.15, 0.2) is 22.7 Å². The molecule has 2 aromatic rings. The van der Waals surface area contributed by atoms with E-state index in [1.165, 1.54) is 0 Å². The molecule has 0 atom stereocenters. The lowest BCUT2D eigenvalue weighted by Gasteiger charge is -2.08. The first-order chi connectivity index (χ1) is 9.47. The predicted molar refractivity (Wildman–Crippen MR) is 68.2 cm³/mol. The molecule has 0 bridgehead atoms. The standard InChI is InChI=1S/C13H13F2N3O2/c1-7-12(8(2)20-18-7)17-13(19)16-6-9-5-10(14)3-4-11(9)15/h3-5H,6H2,1-2H3,(H2,16,17,19). The summed E-state index contributed by atoms with van der Waals surface area (Å²) in [6.07, 6.45) is 0. The van der Waals surface area contributed by atoms with Crippen molar-refractivity contribution in [3.63, 3.8) is 0 Å². The number of halogens is 2. The number of amides is 2. The first-order valence-electron chi connectivity index (χ1n) is 5.89. The van der Waals surface area contributed by atoms with Gasteiger partial charge in [-0.3, -0.25) is 0 Å². The van der Waals surface area contributed by atoms with Crippen molar-refractivity contribution in [1.82, 2.24) is 10.5 Å². The Hall–Kier alpha value is -2.44. The molecule has 7 heteroatoms. The van der Waals surface area contributed by atoms with Gasteiger partial charge in [0, 0.05) is 12.1 Å². The van der Waals surface area contributed by atoms with Gasteiger partial charge in [0.1, 0.15) is 23.0 Å². The molecule has 5 nitrogen and oxygen atoms in total. The zero-order valence-electron chi connectivity index (χ0n) is 11.0. The summed E-state index contributed by atoms with van der Waals surface area (Å²) in [7, 11) is 0. The molecule has 0 fully saturated rings. The molecule has 0 saturated heterocycles. The van der Waals surface area contributed by atoms with E-state index in [9.17, 15) is 13.6 Å². The van der Waals surface area contributed by atoms with E-state index in [2.05, 4.69) is 15.8 Å². The van der Waals surface area contributed by atoms with Gasteiger partial charge < -0.3 is 15.2 Å². The monoisotopic (exact) mass is 281 g/mol. The number of nitrogens with zero attached hydrogens (tertiary/aromatic N) is 1. The number of carbonyl (C=O) groups is 1. The fourth-order valence-corrected chi connectivity index (χ4v) is 1.67. The minimum Gasteiger partial charge on any atom is -0.359 e. The minimum absolute atomic E-state index is 0.0684. The molecule has 0 radical (unpaired) electrons. The maximum absolute atomic E-state index is 13.4. The van der Waals surface area contributed by atoms with Crippen LogP contribution in [0.1, 0.15) is 17.0 Å². The van der Waals surface area contributed by atoms with Gasteiger partial charge >= 0.3 is 6.03 Å². The van der Waals surface area contributed by atoms with Gasteiger partial charge in [0.05, 0.1) is 0 Å². The quantitative estimate of drug-likeness (QED) is 0.909. The number of aromatic nitrogens is 1. The first-order valence-corrected chi connectivity index (χ1v) is 5.89. The molecule has 0 aliphatic heterocycles. The highest BCUT2D eigenvalue weighted by molar-refractivity contribution is 5.90. The zero-order valence-corrected chi connectivity index (χ0v) is 11.0. The molecule has 0 saturated carbocycles. The number of carbonyl (C=O) groups excluding carboxylic acids is 1. The van der Waals surface area contributed by atoms with Crippen molar-refractivity contribution >= 4 is 11.7 Å². The maximum atomic E-state index is 13.4. The van der Waals surface area contributed by atoms with Crippen LogP contribution in [-0.4, -0.2) is 11.2 Å². The fraction of sp³-hybridized carbons (Fsp3) is 0.231. The van der Waals surface area contributed by atoms with Crippen LogP contribution in [0.4, 0.5) is 19.3 Å². The lowest BCUT2D eigenvalue weighted by molar-refractivity contribution is 0.251. The Balaban J connectivity index is 1.97. The summed E-state index contributed by atoms with van der Waals surface area (Å²) >= 11 is 0. The van der Waals surface area contributed by atoms with Crippen LogP contribution in [0.3, 0.4) is 0 Å². The summed E-state index contributed by atoms with van der Waals surface area (Å²) in [5, 5.41) is 8.66. The number of anilines is 1. The molecule has 1 aromatic heterocycles. The Bertz CT molecular complexity index is 621. The number of hydrogen-bond acceptors (Lipinski definition) is 3. The molecule has 2 rings (SSSR count). The Labute approximate surface area is 114 Å². The summed E-state index contributed by atoms with van der Waals surface area (Å²) in [4.78, 5) is 11.7. The topological polar surface area (TPSA) is 67.2 Å². The van der Waals surface area contributed by atoms with Gasteiger partial charge in [-0.2, -0.15) is 0 Å². The summed E-state index contributed by atoms with van der Waals surface area (Å²) in [6, 6.07) is 2.51. The predicted octanol–water partition coefficient (Wildman–Crippen LogP) is 2.89. The second kappa shape index (κ2) is 5.68. The second-order valence-corrected chi connectivity index (χ2v) is 4.24. The van der Waals surface area contributed by atoms with Gasteiger partial charge in [-0.15, -0.1) is 0 Å². The molecule has 2 amide bonds. The zero-order chi connectivity index (χ0) is 14.7. The second-order valence-electron chi connectivity index (χ2n) is 4.24. The van der Waals surface area contributed by atoms with Crippen LogP contribution in [0.25, 0.3) is 0 Å². The van der Waals surface area contributed by atoms with Crippen molar-refractivity contribution in [3.8, 4) is 0 Å². The Morgan fingerprint density at radius 3 is 2.75 bits per heavy atom. The number of aryl methyl sites for hydroxylation is 2. The van der Waals surface area contributed by atoms with E-state index in [0.717, 1.165) is 18.2 Å². The molecule has 0 aliphatic rings. The Morgan fingerprint density at radius 2 is 2.10 bits per heavy atom. The number of urea groups is 1. The van der Waals surface area contributed by atoms with Crippen molar-refractivity contribution < 1.29 is 18.1 Å². The minimum atomic E-state index is -0.580. The van der Waals surface area contributed by atoms with Crippen molar-refractivity contribution in [2.45, 2.75) is 20.4 Å². The molecule has 1 heterocycles. The van der Waals surface area contributed by atoms with E-state index < -0.39 is 17.7 Å². The molecule has 0 spiro atoms. The third kappa shape index (κ3) is 3.11. The summed E-state index contributed by atoms with van der Waals surface area (Å²) in [5.74, 6) is -0.673. The number of nitrogens with one attached hydrogen (secondary N) is 2. The van der Waals surface area contributed by atoms with Gasteiger partial charge in [0.25, 0.3) is 0 Å². The van der Waals surface area contributed by atoms with Crippen LogP contribution < -0.4 is 10.6 Å². The van der Waals surface area contributed by atoms with Crippen molar-refractivity contribution in [3.05, 3.63) is 46.9 Å². The third-order valence-electron chi connectivity index (χ3n) is 2.72. The summed E-state index contributed by atoms with van der Waals surface area (Å²) in [6.45, 7) is 3.21. The number of hydrogen-bond donors (Lipinski definition) is 2. The molecule has 20 heavy (non-hydrogen) atoms. The molecule has 0 aliphatic carbocycles. The highest BCUT2D eigenvalue weighted by atomic mass is 19.1. The van der Waals surface area contributed by atoms with E-state index >= 15 is 0 Å². The van der Waals surface area contributed by atoms with E-state index in [-0.39, 0.29) is 12.1 Å². The van der Waals surface area contributed by atoms with Crippen LogP contribution in [0.2, 0.25) is 0 Å². The van der Waals surface area contributed by atoms with Crippen LogP contribution in [0.5, 0.6) is 0 Å². The molecular formula is C13H13F2N3O2. The summed E-state index contributed by atoms with van der Waals surface area (Å²) < 4.78 is 31.2. The van der Waals surface area contributed by atoms with Crippen molar-refractivity contribution in [1.29, 1.82) is 0 Å². The Kier molecular flexibility index (Phi) is 3.97. The summed E-state index contributed by atoms with van der Waals surface area (Å²) in [5.41, 5.74) is 1.07. The maximum Gasteiger partial charge on any atom is 0.319 e. The molecule has 2 N–H and O–H groups in total. The van der Waals surface area contributed by atoms with Crippen LogP contribution >= 0.6 is 0 Å². The average molecular weight is 281 g/mol. The molecule has 106 valence electrons. The highest BCUT2D eigenvalue weighted by Crippen LogP contribution is 2.18. The first kappa shape index (κ1) is 14.0. The van der Waals surface area contributed by atoms with Crippen molar-refractivity contribution in [2.24, 2.45) is 0 Å². The Morgan fingerprint density at radius 1 is 1.35 bits per heavy atom. The number of benzene rings is 1. The van der Waals surface area contributed by atoms with Gasteiger partial charge in [-0.25, -0.2) is 13.6 Å². The highest BCUT2D eigenvalue weighted by Gasteiger charge is 2.12. The van der Waals surface area contributed by atoms with Crippen LogP contribution in [-0.2, 0) is 6.54 Å². The van der Waals surface area contributed by atoms with Crippen molar-refractivity contribution in [2.75, 3.05) is 5.32 Å². The van der Waals surface area contributed by atoms with E-state index in [4.69, 9.17) is 4.52 Å². The largest absolute Gasteiger partial charge is 0.359 e. The normalized spacial score (nSPS) is 10.4. The number of rotatable bonds is 3. The van der Waals surface area contributed by atoms with E-state index in [1.807, 2.05) is 0 Å². The SMILES string of the molecule is Cc1noc(C)c1NC(=O)NCc1cc(F)ccc1F. The molecular weight excluding hydrogens is 268 g/mol. The smallest absolute Gasteiger partial charge is 0.319 e. The molecule has 1 aromatic carbocycles. The lowest BCUT2D eigenvalue weighted by atomic mass is 10.2.